The van der Waals surface area contributed by atoms with E-state index in [1.807, 2.05) is 28.7 Å². The third-order valence-electron chi connectivity index (χ3n) is 4.43. The third-order valence-corrected chi connectivity index (χ3v) is 4.43. The highest BCUT2D eigenvalue weighted by Gasteiger charge is 2.26. The van der Waals surface area contributed by atoms with Gasteiger partial charge in [-0.2, -0.15) is 0 Å². The number of carbonyl (C=O) groups excluding carboxylic acids is 1. The van der Waals surface area contributed by atoms with Gasteiger partial charge in [-0.3, -0.25) is 4.79 Å². The number of amides is 1. The van der Waals surface area contributed by atoms with Crippen LogP contribution in [0.1, 0.15) is 49.7 Å². The molecule has 1 atom stereocenters. The molecule has 3 rings (SSSR count). The van der Waals surface area contributed by atoms with Crippen LogP contribution in [0.2, 0.25) is 0 Å². The minimum atomic E-state index is -0.204. The molecule has 0 unspecified atom stereocenters. The molecule has 1 aliphatic rings. The average molecular weight is 297 g/mol. The summed E-state index contributed by atoms with van der Waals surface area (Å²) in [5, 5.41) is 0. The van der Waals surface area contributed by atoms with Crippen LogP contribution in [-0.2, 0) is 17.8 Å². The summed E-state index contributed by atoms with van der Waals surface area (Å²) in [6, 6.07) is 8.19. The second kappa shape index (κ2) is 5.95. The van der Waals surface area contributed by atoms with Gasteiger partial charge >= 0.3 is 0 Å². The van der Waals surface area contributed by atoms with Crippen molar-refractivity contribution in [2.45, 2.75) is 45.7 Å². The van der Waals surface area contributed by atoms with Crippen molar-refractivity contribution in [3.05, 3.63) is 53.6 Å². The van der Waals surface area contributed by atoms with E-state index in [0.29, 0.717) is 12.5 Å². The van der Waals surface area contributed by atoms with E-state index in [1.165, 1.54) is 11.1 Å². The van der Waals surface area contributed by atoms with E-state index in [0.717, 1.165) is 18.8 Å². The molecule has 0 fully saturated rings. The highest BCUT2D eigenvalue weighted by Crippen LogP contribution is 2.23. The lowest BCUT2D eigenvalue weighted by molar-refractivity contribution is -0.135. The number of carbonyl (C=O) groups is 1. The molecule has 0 spiro atoms. The molecular formula is C18H23N3O. The van der Waals surface area contributed by atoms with Crippen molar-refractivity contribution >= 4 is 5.91 Å². The van der Waals surface area contributed by atoms with Gasteiger partial charge in [-0.25, -0.2) is 4.98 Å². The minimum absolute atomic E-state index is 0.175. The monoisotopic (exact) mass is 297 g/mol. The Morgan fingerprint density at radius 1 is 1.18 bits per heavy atom. The second-order valence-corrected chi connectivity index (χ2v) is 6.30. The smallest absolute Gasteiger partial charge is 0.245 e. The topological polar surface area (TPSA) is 38.1 Å². The Labute approximate surface area is 131 Å². The number of hydrogen-bond donors (Lipinski definition) is 0. The number of hydrogen-bond acceptors (Lipinski definition) is 2. The minimum Gasteiger partial charge on any atom is -0.336 e. The zero-order valence-corrected chi connectivity index (χ0v) is 13.5. The molecule has 0 saturated carbocycles. The SMILES string of the molecule is CC(C)c1nccn1[C@@H](C)C(=O)N1CCc2ccccc2C1. The van der Waals surface area contributed by atoms with Gasteiger partial charge in [0.25, 0.3) is 0 Å². The van der Waals surface area contributed by atoms with Crippen molar-refractivity contribution in [2.24, 2.45) is 0 Å². The molecule has 0 aliphatic carbocycles. The van der Waals surface area contributed by atoms with E-state index < -0.39 is 0 Å². The molecule has 0 bridgehead atoms. The van der Waals surface area contributed by atoms with Gasteiger partial charge in [-0.15, -0.1) is 0 Å². The fraction of sp³-hybridized carbons (Fsp3) is 0.444. The molecule has 0 N–H and O–H groups in total. The summed E-state index contributed by atoms with van der Waals surface area (Å²) in [5.74, 6) is 1.46. The number of aromatic nitrogens is 2. The van der Waals surface area contributed by atoms with Crippen LogP contribution in [0, 0.1) is 0 Å². The molecule has 1 aromatic heterocycles. The Morgan fingerprint density at radius 2 is 1.91 bits per heavy atom. The fourth-order valence-corrected chi connectivity index (χ4v) is 3.17. The quantitative estimate of drug-likeness (QED) is 0.873. The first-order valence-corrected chi connectivity index (χ1v) is 7.96. The lowest BCUT2D eigenvalue weighted by Crippen LogP contribution is -2.40. The van der Waals surface area contributed by atoms with Gasteiger partial charge in [0.1, 0.15) is 11.9 Å². The molecule has 1 amide bonds. The Balaban J connectivity index is 1.78. The van der Waals surface area contributed by atoms with Gasteiger partial charge in [0.2, 0.25) is 5.91 Å². The first-order valence-electron chi connectivity index (χ1n) is 7.96. The first-order chi connectivity index (χ1) is 10.6. The molecule has 2 heterocycles. The van der Waals surface area contributed by atoms with Gasteiger partial charge in [-0.05, 0) is 24.5 Å². The van der Waals surface area contributed by atoms with Crippen LogP contribution >= 0.6 is 0 Å². The van der Waals surface area contributed by atoms with Crippen molar-refractivity contribution < 1.29 is 4.79 Å². The number of rotatable bonds is 3. The zero-order chi connectivity index (χ0) is 15.7. The zero-order valence-electron chi connectivity index (χ0n) is 13.5. The number of fused-ring (bicyclic) bond motifs is 1. The van der Waals surface area contributed by atoms with Crippen LogP contribution in [0.5, 0.6) is 0 Å². The van der Waals surface area contributed by atoms with Crippen LogP contribution < -0.4 is 0 Å². The maximum Gasteiger partial charge on any atom is 0.245 e. The van der Waals surface area contributed by atoms with Crippen molar-refractivity contribution in [2.75, 3.05) is 6.54 Å². The van der Waals surface area contributed by atoms with Crippen LogP contribution in [0.4, 0.5) is 0 Å². The van der Waals surface area contributed by atoms with Crippen molar-refractivity contribution in [3.8, 4) is 0 Å². The maximum atomic E-state index is 12.9. The average Bonchev–Trinajstić information content (AvgIpc) is 3.03. The molecule has 0 saturated heterocycles. The van der Waals surface area contributed by atoms with E-state index in [1.54, 1.807) is 6.20 Å². The van der Waals surface area contributed by atoms with E-state index >= 15 is 0 Å². The molecule has 0 radical (unpaired) electrons. The van der Waals surface area contributed by atoms with Gasteiger partial charge < -0.3 is 9.47 Å². The molecular weight excluding hydrogens is 274 g/mol. The van der Waals surface area contributed by atoms with Gasteiger partial charge in [0, 0.05) is 31.4 Å². The van der Waals surface area contributed by atoms with Crippen LogP contribution in [0.3, 0.4) is 0 Å². The standard InChI is InChI=1S/C18H23N3O/c1-13(2)17-19-9-11-21(17)14(3)18(22)20-10-8-15-6-4-5-7-16(15)12-20/h4-7,9,11,13-14H,8,10,12H2,1-3H3/t14-/m0/s1. The summed E-state index contributed by atoms with van der Waals surface area (Å²) in [4.78, 5) is 19.2. The van der Waals surface area contributed by atoms with Crippen molar-refractivity contribution in [3.63, 3.8) is 0 Å². The highest BCUT2D eigenvalue weighted by molar-refractivity contribution is 5.80. The van der Waals surface area contributed by atoms with Crippen molar-refractivity contribution in [1.29, 1.82) is 0 Å². The molecule has 1 aliphatic heterocycles. The lowest BCUT2D eigenvalue weighted by atomic mass is 9.99. The van der Waals surface area contributed by atoms with Crippen molar-refractivity contribution in [1.82, 2.24) is 14.5 Å². The molecule has 22 heavy (non-hydrogen) atoms. The summed E-state index contributed by atoms with van der Waals surface area (Å²) in [7, 11) is 0. The van der Waals surface area contributed by atoms with Crippen LogP contribution in [0.25, 0.3) is 0 Å². The molecule has 116 valence electrons. The number of benzene rings is 1. The fourth-order valence-electron chi connectivity index (χ4n) is 3.17. The second-order valence-electron chi connectivity index (χ2n) is 6.30. The molecule has 2 aromatic rings. The summed E-state index contributed by atoms with van der Waals surface area (Å²) < 4.78 is 2.01. The maximum absolute atomic E-state index is 12.9. The highest BCUT2D eigenvalue weighted by atomic mass is 16.2. The Hall–Kier alpha value is -2.10. The number of imidazole rings is 1. The summed E-state index contributed by atoms with van der Waals surface area (Å²) >= 11 is 0. The summed E-state index contributed by atoms with van der Waals surface area (Å²) in [6.07, 6.45) is 4.63. The predicted octanol–water partition coefficient (Wildman–Crippen LogP) is 3.15. The molecule has 4 nitrogen and oxygen atoms in total. The van der Waals surface area contributed by atoms with Gasteiger partial charge in [0.15, 0.2) is 0 Å². The Kier molecular flexibility index (Phi) is 4.01. The summed E-state index contributed by atoms with van der Waals surface area (Å²) in [6.45, 7) is 7.69. The predicted molar refractivity (Wildman–Crippen MR) is 86.6 cm³/mol. The first kappa shape index (κ1) is 14.8. The Bertz CT molecular complexity index is 674. The Morgan fingerprint density at radius 3 is 2.64 bits per heavy atom. The van der Waals surface area contributed by atoms with E-state index in [-0.39, 0.29) is 11.9 Å². The van der Waals surface area contributed by atoms with E-state index in [2.05, 4.69) is 37.0 Å². The normalized spacial score (nSPS) is 15.7. The molecule has 4 heteroatoms. The van der Waals surface area contributed by atoms with E-state index in [4.69, 9.17) is 0 Å². The summed E-state index contributed by atoms with van der Waals surface area (Å²) in [5.41, 5.74) is 2.63. The van der Waals surface area contributed by atoms with E-state index in [9.17, 15) is 4.79 Å². The van der Waals surface area contributed by atoms with Crippen LogP contribution in [0.15, 0.2) is 36.7 Å². The number of nitrogens with zero attached hydrogens (tertiary/aromatic N) is 3. The largest absolute Gasteiger partial charge is 0.336 e. The van der Waals surface area contributed by atoms with Crippen LogP contribution in [-0.4, -0.2) is 26.9 Å². The molecule has 1 aromatic carbocycles. The van der Waals surface area contributed by atoms with Gasteiger partial charge in [0.05, 0.1) is 0 Å². The lowest BCUT2D eigenvalue weighted by Gasteiger charge is -2.31. The third kappa shape index (κ3) is 2.65. The van der Waals surface area contributed by atoms with Gasteiger partial charge in [-0.1, -0.05) is 38.1 Å².